The number of rotatable bonds is 6. The molecule has 25 heavy (non-hydrogen) atoms. The van der Waals surface area contributed by atoms with Crippen molar-refractivity contribution in [3.8, 4) is 5.75 Å². The summed E-state index contributed by atoms with van der Waals surface area (Å²) in [4.78, 5) is 0. The second-order valence-electron chi connectivity index (χ2n) is 5.40. The van der Waals surface area contributed by atoms with Gasteiger partial charge in [-0.25, -0.2) is 4.39 Å². The van der Waals surface area contributed by atoms with Crippen molar-refractivity contribution < 1.29 is 13.5 Å². The minimum atomic E-state index is -0.442. The van der Waals surface area contributed by atoms with Gasteiger partial charge in [-0.2, -0.15) is 0 Å². The summed E-state index contributed by atoms with van der Waals surface area (Å²) < 4.78 is 24.3. The highest BCUT2D eigenvalue weighted by Crippen LogP contribution is 2.37. The van der Waals surface area contributed by atoms with E-state index in [2.05, 4.69) is 10.2 Å². The molecule has 1 heterocycles. The number of halogens is 2. The predicted molar refractivity (Wildman–Crippen MR) is 95.5 cm³/mol. The van der Waals surface area contributed by atoms with Gasteiger partial charge in [-0.1, -0.05) is 41.6 Å². The lowest BCUT2D eigenvalue weighted by Gasteiger charge is -2.11. The van der Waals surface area contributed by atoms with Gasteiger partial charge in [0.2, 0.25) is 0 Å². The standard InChI is InChI=1S/C18H16ClFN2O2S/c1-11(23-14-9-7-13(20)8-10-14)17-21-22-18(24-17)25-12(2)15-5-3-4-6-16(15)19/h3-12H,1-2H3/t11-,12+/m1/s1. The molecule has 130 valence electrons. The van der Waals surface area contributed by atoms with E-state index in [0.29, 0.717) is 21.9 Å². The molecule has 0 unspecified atom stereocenters. The van der Waals surface area contributed by atoms with E-state index in [-0.39, 0.29) is 11.1 Å². The van der Waals surface area contributed by atoms with Crippen molar-refractivity contribution in [3.63, 3.8) is 0 Å². The van der Waals surface area contributed by atoms with Crippen LogP contribution in [-0.4, -0.2) is 10.2 Å². The molecule has 0 N–H and O–H groups in total. The van der Waals surface area contributed by atoms with Crippen molar-refractivity contribution in [3.05, 3.63) is 70.8 Å². The summed E-state index contributed by atoms with van der Waals surface area (Å²) in [5, 5.41) is 9.29. The van der Waals surface area contributed by atoms with Gasteiger partial charge >= 0.3 is 0 Å². The average Bonchev–Trinajstić information content (AvgIpc) is 3.06. The Morgan fingerprint density at radius 2 is 1.80 bits per heavy atom. The molecule has 3 rings (SSSR count). The summed E-state index contributed by atoms with van der Waals surface area (Å²) in [6.07, 6.45) is -0.442. The molecule has 0 spiro atoms. The second-order valence-corrected chi connectivity index (χ2v) is 7.10. The van der Waals surface area contributed by atoms with E-state index < -0.39 is 6.10 Å². The molecule has 0 fully saturated rings. The van der Waals surface area contributed by atoms with Gasteiger partial charge < -0.3 is 9.15 Å². The molecule has 3 aromatic rings. The highest BCUT2D eigenvalue weighted by Gasteiger charge is 2.19. The van der Waals surface area contributed by atoms with Gasteiger partial charge in [0.05, 0.1) is 0 Å². The Hall–Kier alpha value is -2.05. The third-order valence-corrected chi connectivity index (χ3v) is 4.84. The van der Waals surface area contributed by atoms with Gasteiger partial charge in [0.25, 0.3) is 11.1 Å². The summed E-state index contributed by atoms with van der Waals surface area (Å²) >= 11 is 7.64. The fourth-order valence-corrected chi connectivity index (χ4v) is 3.44. The monoisotopic (exact) mass is 378 g/mol. The number of nitrogens with zero attached hydrogens (tertiary/aromatic N) is 2. The molecule has 0 aliphatic carbocycles. The molecule has 0 radical (unpaired) electrons. The lowest BCUT2D eigenvalue weighted by Crippen LogP contribution is -2.03. The smallest absolute Gasteiger partial charge is 0.277 e. The maximum Gasteiger partial charge on any atom is 0.277 e. The highest BCUT2D eigenvalue weighted by atomic mass is 35.5. The fraction of sp³-hybridized carbons (Fsp3) is 0.222. The van der Waals surface area contributed by atoms with E-state index in [1.165, 1.54) is 23.9 Å². The first-order valence-electron chi connectivity index (χ1n) is 7.69. The van der Waals surface area contributed by atoms with Gasteiger partial charge in [0.1, 0.15) is 11.6 Å². The summed E-state index contributed by atoms with van der Waals surface area (Å²) in [5.74, 6) is 0.578. The van der Waals surface area contributed by atoms with Gasteiger partial charge in [-0.05, 0) is 49.7 Å². The van der Waals surface area contributed by atoms with Crippen molar-refractivity contribution in [1.29, 1.82) is 0 Å². The van der Waals surface area contributed by atoms with Gasteiger partial charge in [-0.15, -0.1) is 10.2 Å². The first kappa shape index (κ1) is 17.8. The minimum Gasteiger partial charge on any atom is -0.481 e. The van der Waals surface area contributed by atoms with Crippen LogP contribution in [0.15, 0.2) is 58.2 Å². The molecular formula is C18H16ClFN2O2S. The number of thioether (sulfide) groups is 1. The normalized spacial score (nSPS) is 13.4. The molecule has 0 amide bonds. The predicted octanol–water partition coefficient (Wildman–Crippen LogP) is 5.86. The van der Waals surface area contributed by atoms with Crippen LogP contribution in [-0.2, 0) is 0 Å². The molecule has 0 saturated carbocycles. The first-order valence-corrected chi connectivity index (χ1v) is 8.95. The quantitative estimate of drug-likeness (QED) is 0.503. The Bertz CT molecular complexity index is 841. The fourth-order valence-electron chi connectivity index (χ4n) is 2.22. The lowest BCUT2D eigenvalue weighted by atomic mass is 10.2. The van der Waals surface area contributed by atoms with E-state index in [1.54, 1.807) is 19.1 Å². The van der Waals surface area contributed by atoms with Crippen LogP contribution in [0.2, 0.25) is 5.02 Å². The third-order valence-electron chi connectivity index (χ3n) is 3.52. The molecule has 0 bridgehead atoms. The topological polar surface area (TPSA) is 48.2 Å². The van der Waals surface area contributed by atoms with Crippen molar-refractivity contribution in [2.24, 2.45) is 0 Å². The second kappa shape index (κ2) is 7.89. The molecular weight excluding hydrogens is 363 g/mol. The molecule has 0 aliphatic rings. The van der Waals surface area contributed by atoms with E-state index in [1.807, 2.05) is 31.2 Å². The summed E-state index contributed by atoms with van der Waals surface area (Å²) in [6.45, 7) is 3.82. The van der Waals surface area contributed by atoms with Crippen molar-refractivity contribution in [2.75, 3.05) is 0 Å². The van der Waals surface area contributed by atoms with Crippen LogP contribution in [0.1, 0.15) is 36.7 Å². The SMILES string of the molecule is C[C@H](Sc1nnc([C@@H](C)Oc2ccc(F)cc2)o1)c1ccccc1Cl. The molecule has 2 atom stereocenters. The minimum absolute atomic E-state index is 0.0651. The first-order chi connectivity index (χ1) is 12.0. The summed E-state index contributed by atoms with van der Waals surface area (Å²) in [6, 6.07) is 13.4. The van der Waals surface area contributed by atoms with Crippen LogP contribution in [0.4, 0.5) is 4.39 Å². The van der Waals surface area contributed by atoms with E-state index in [0.717, 1.165) is 5.56 Å². The van der Waals surface area contributed by atoms with Gasteiger partial charge in [0.15, 0.2) is 6.10 Å². The van der Waals surface area contributed by atoms with Crippen molar-refractivity contribution >= 4 is 23.4 Å². The third kappa shape index (κ3) is 4.52. The summed E-state index contributed by atoms with van der Waals surface area (Å²) in [5.41, 5.74) is 1.00. The molecule has 1 aromatic heterocycles. The van der Waals surface area contributed by atoms with Crippen LogP contribution in [0.3, 0.4) is 0 Å². The van der Waals surface area contributed by atoms with Gasteiger partial charge in [0, 0.05) is 10.3 Å². The van der Waals surface area contributed by atoms with Crippen LogP contribution < -0.4 is 4.74 Å². The lowest BCUT2D eigenvalue weighted by molar-refractivity contribution is 0.181. The van der Waals surface area contributed by atoms with E-state index in [9.17, 15) is 4.39 Å². The number of aromatic nitrogens is 2. The number of hydrogen-bond donors (Lipinski definition) is 0. The highest BCUT2D eigenvalue weighted by molar-refractivity contribution is 7.99. The average molecular weight is 379 g/mol. The van der Waals surface area contributed by atoms with E-state index in [4.69, 9.17) is 20.8 Å². The maximum atomic E-state index is 12.9. The Labute approximate surface area is 154 Å². The van der Waals surface area contributed by atoms with Crippen molar-refractivity contribution in [1.82, 2.24) is 10.2 Å². The zero-order valence-corrected chi connectivity index (χ0v) is 15.2. The molecule has 0 saturated heterocycles. The Morgan fingerprint density at radius 1 is 1.08 bits per heavy atom. The van der Waals surface area contributed by atoms with Crippen LogP contribution in [0, 0.1) is 5.82 Å². The molecule has 7 heteroatoms. The van der Waals surface area contributed by atoms with Crippen LogP contribution >= 0.6 is 23.4 Å². The van der Waals surface area contributed by atoms with Crippen LogP contribution in [0.5, 0.6) is 5.75 Å². The Kier molecular flexibility index (Phi) is 5.60. The van der Waals surface area contributed by atoms with Gasteiger partial charge in [-0.3, -0.25) is 0 Å². The maximum absolute atomic E-state index is 12.9. The Morgan fingerprint density at radius 3 is 2.52 bits per heavy atom. The molecule has 4 nitrogen and oxygen atoms in total. The largest absolute Gasteiger partial charge is 0.481 e. The van der Waals surface area contributed by atoms with Crippen molar-refractivity contribution in [2.45, 2.75) is 30.4 Å². The Balaban J connectivity index is 1.65. The molecule has 0 aliphatic heterocycles. The molecule has 2 aromatic carbocycles. The van der Waals surface area contributed by atoms with Crippen LogP contribution in [0.25, 0.3) is 0 Å². The summed E-state index contributed by atoms with van der Waals surface area (Å²) in [7, 11) is 0. The van der Waals surface area contributed by atoms with E-state index >= 15 is 0 Å². The zero-order chi connectivity index (χ0) is 17.8. The number of hydrogen-bond acceptors (Lipinski definition) is 5. The number of benzene rings is 2. The zero-order valence-electron chi connectivity index (χ0n) is 13.6. The number of ether oxygens (including phenoxy) is 1.